The van der Waals surface area contributed by atoms with Crippen LogP contribution >= 0.6 is 0 Å². The van der Waals surface area contributed by atoms with E-state index in [2.05, 4.69) is 6.07 Å². The van der Waals surface area contributed by atoms with Gasteiger partial charge in [0.25, 0.3) is 0 Å². The van der Waals surface area contributed by atoms with Gasteiger partial charge in [0.2, 0.25) is 0 Å². The first-order valence-electron chi connectivity index (χ1n) is 7.07. The minimum absolute atomic E-state index is 0.377. The van der Waals surface area contributed by atoms with Crippen molar-refractivity contribution < 1.29 is 14.6 Å². The number of aliphatic hydroxyl groups excluding tert-OH is 1. The first-order valence-corrected chi connectivity index (χ1v) is 7.07. The van der Waals surface area contributed by atoms with E-state index in [4.69, 9.17) is 9.47 Å². The fourth-order valence-electron chi connectivity index (χ4n) is 2.47. The Morgan fingerprint density at radius 2 is 2.05 bits per heavy atom. The first kappa shape index (κ1) is 14.5. The van der Waals surface area contributed by atoms with E-state index in [1.165, 1.54) is 5.56 Å². The summed E-state index contributed by atoms with van der Waals surface area (Å²) in [5.74, 6) is 0.583. The molecule has 3 heteroatoms. The van der Waals surface area contributed by atoms with Gasteiger partial charge in [-0.1, -0.05) is 23.8 Å². The zero-order valence-electron chi connectivity index (χ0n) is 11.9. The molecule has 1 aromatic rings. The van der Waals surface area contributed by atoms with Gasteiger partial charge >= 0.3 is 0 Å². The molecule has 1 aromatic carbocycles. The molecule has 0 spiro atoms. The molecule has 0 radical (unpaired) electrons. The van der Waals surface area contributed by atoms with Crippen molar-refractivity contribution >= 4 is 0 Å². The lowest BCUT2D eigenvalue weighted by Crippen LogP contribution is -2.21. The van der Waals surface area contributed by atoms with Gasteiger partial charge < -0.3 is 14.6 Å². The van der Waals surface area contributed by atoms with Crippen LogP contribution in [0.2, 0.25) is 0 Å². The van der Waals surface area contributed by atoms with Gasteiger partial charge in [-0.25, -0.2) is 0 Å². The average Bonchev–Trinajstić information content (AvgIpc) is 2.42. The third kappa shape index (κ3) is 4.30. The van der Waals surface area contributed by atoms with Gasteiger partial charge in [-0.15, -0.1) is 0 Å². The minimum Gasteiger partial charge on any atom is -0.386 e. The zero-order chi connectivity index (χ0) is 13.7. The molecule has 0 bridgehead atoms. The maximum atomic E-state index is 10.2. The van der Waals surface area contributed by atoms with Crippen molar-refractivity contribution in [2.45, 2.75) is 32.8 Å². The molecule has 0 amide bonds. The van der Waals surface area contributed by atoms with Gasteiger partial charge in [0, 0.05) is 19.8 Å². The first-order chi connectivity index (χ1) is 9.16. The number of benzene rings is 1. The molecule has 0 aromatic heterocycles. The summed E-state index contributed by atoms with van der Waals surface area (Å²) in [7, 11) is 0. The highest BCUT2D eigenvalue weighted by Crippen LogP contribution is 2.21. The number of hydrogen-bond donors (Lipinski definition) is 1. The van der Waals surface area contributed by atoms with Gasteiger partial charge in [0.15, 0.2) is 0 Å². The van der Waals surface area contributed by atoms with Crippen molar-refractivity contribution in [3.8, 4) is 0 Å². The predicted molar refractivity (Wildman–Crippen MR) is 75.2 cm³/mol. The van der Waals surface area contributed by atoms with E-state index in [0.717, 1.165) is 43.8 Å². The molecule has 1 saturated heterocycles. The van der Waals surface area contributed by atoms with Gasteiger partial charge in [-0.3, -0.25) is 0 Å². The Morgan fingerprint density at radius 3 is 2.79 bits per heavy atom. The molecule has 2 rings (SSSR count). The lowest BCUT2D eigenvalue weighted by Gasteiger charge is -2.22. The van der Waals surface area contributed by atoms with Crippen LogP contribution in [0.1, 0.15) is 35.6 Å². The highest BCUT2D eigenvalue weighted by atomic mass is 16.5. The summed E-state index contributed by atoms with van der Waals surface area (Å²) in [6.45, 7) is 6.85. The maximum Gasteiger partial charge on any atom is 0.103 e. The minimum atomic E-state index is -0.528. The SMILES string of the molecule is Cc1ccc(C)c(C(O)COCC2CCOCC2)c1. The van der Waals surface area contributed by atoms with Crippen molar-refractivity contribution in [3.05, 3.63) is 34.9 Å². The molecule has 0 saturated carbocycles. The molecule has 1 unspecified atom stereocenters. The van der Waals surface area contributed by atoms with Crippen LogP contribution in [0.25, 0.3) is 0 Å². The molecule has 3 nitrogen and oxygen atoms in total. The van der Waals surface area contributed by atoms with Crippen molar-refractivity contribution in [3.63, 3.8) is 0 Å². The molecule has 106 valence electrons. The van der Waals surface area contributed by atoms with E-state index in [9.17, 15) is 5.11 Å². The van der Waals surface area contributed by atoms with Crippen LogP contribution in [0.15, 0.2) is 18.2 Å². The average molecular weight is 264 g/mol. The van der Waals surface area contributed by atoms with E-state index in [1.54, 1.807) is 0 Å². The lowest BCUT2D eigenvalue weighted by molar-refractivity contribution is -0.00980. The second kappa shape index (κ2) is 7.04. The van der Waals surface area contributed by atoms with E-state index < -0.39 is 6.10 Å². The number of ether oxygens (including phenoxy) is 2. The number of hydrogen-bond acceptors (Lipinski definition) is 3. The Bertz CT molecular complexity index is 397. The van der Waals surface area contributed by atoms with Crippen molar-refractivity contribution in [2.24, 2.45) is 5.92 Å². The van der Waals surface area contributed by atoms with Gasteiger partial charge in [-0.05, 0) is 43.7 Å². The van der Waals surface area contributed by atoms with Crippen LogP contribution < -0.4 is 0 Å². The summed E-state index contributed by atoms with van der Waals surface area (Å²) in [6, 6.07) is 6.15. The maximum absolute atomic E-state index is 10.2. The molecule has 1 aliphatic rings. The largest absolute Gasteiger partial charge is 0.386 e. The highest BCUT2D eigenvalue weighted by molar-refractivity contribution is 5.32. The Hall–Kier alpha value is -0.900. The molecule has 1 atom stereocenters. The van der Waals surface area contributed by atoms with Crippen molar-refractivity contribution in [2.75, 3.05) is 26.4 Å². The second-order valence-electron chi connectivity index (χ2n) is 5.47. The number of aliphatic hydroxyl groups is 1. The number of rotatable bonds is 5. The lowest BCUT2D eigenvalue weighted by atomic mass is 10.0. The van der Waals surface area contributed by atoms with Gasteiger partial charge in [-0.2, -0.15) is 0 Å². The van der Waals surface area contributed by atoms with Crippen LogP contribution in [0.3, 0.4) is 0 Å². The van der Waals surface area contributed by atoms with Gasteiger partial charge in [0.05, 0.1) is 6.61 Å². The fraction of sp³-hybridized carbons (Fsp3) is 0.625. The fourth-order valence-corrected chi connectivity index (χ4v) is 2.47. The third-order valence-corrected chi connectivity index (χ3v) is 3.76. The molecular formula is C16H24O3. The summed E-state index contributed by atoms with van der Waals surface area (Å²) >= 11 is 0. The molecule has 1 N–H and O–H groups in total. The smallest absolute Gasteiger partial charge is 0.103 e. The second-order valence-corrected chi connectivity index (χ2v) is 5.47. The topological polar surface area (TPSA) is 38.7 Å². The van der Waals surface area contributed by atoms with Crippen molar-refractivity contribution in [1.29, 1.82) is 0 Å². The van der Waals surface area contributed by atoms with Crippen LogP contribution in [-0.2, 0) is 9.47 Å². The molecule has 1 aliphatic heterocycles. The summed E-state index contributed by atoms with van der Waals surface area (Å²) in [5, 5.41) is 10.2. The summed E-state index contributed by atoms with van der Waals surface area (Å²) in [4.78, 5) is 0. The Labute approximate surface area is 115 Å². The normalized spacial score (nSPS) is 18.5. The van der Waals surface area contributed by atoms with E-state index >= 15 is 0 Å². The van der Waals surface area contributed by atoms with Gasteiger partial charge in [0.1, 0.15) is 6.10 Å². The van der Waals surface area contributed by atoms with E-state index in [0.29, 0.717) is 12.5 Å². The molecule has 19 heavy (non-hydrogen) atoms. The zero-order valence-corrected chi connectivity index (χ0v) is 11.9. The van der Waals surface area contributed by atoms with Crippen molar-refractivity contribution in [1.82, 2.24) is 0 Å². The number of aryl methyl sites for hydroxylation is 2. The Kier molecular flexibility index (Phi) is 5.37. The van der Waals surface area contributed by atoms with Crippen LogP contribution in [0.5, 0.6) is 0 Å². The molecule has 0 aliphatic carbocycles. The predicted octanol–water partition coefficient (Wildman–Crippen LogP) is 2.78. The van der Waals surface area contributed by atoms with E-state index in [-0.39, 0.29) is 0 Å². The quantitative estimate of drug-likeness (QED) is 0.888. The Morgan fingerprint density at radius 1 is 1.32 bits per heavy atom. The van der Waals surface area contributed by atoms with Crippen LogP contribution in [0.4, 0.5) is 0 Å². The molecule has 1 heterocycles. The summed E-state index contributed by atoms with van der Waals surface area (Å²) < 4.78 is 11.0. The standard InChI is InChI=1S/C16H24O3/c1-12-3-4-13(2)15(9-12)16(17)11-19-10-14-5-7-18-8-6-14/h3-4,9,14,16-17H,5-8,10-11H2,1-2H3. The molecular weight excluding hydrogens is 240 g/mol. The summed E-state index contributed by atoms with van der Waals surface area (Å²) in [6.07, 6.45) is 1.61. The summed E-state index contributed by atoms with van der Waals surface area (Å²) in [5.41, 5.74) is 3.27. The third-order valence-electron chi connectivity index (χ3n) is 3.76. The molecule has 1 fully saturated rings. The Balaban J connectivity index is 1.80. The van der Waals surface area contributed by atoms with E-state index in [1.807, 2.05) is 26.0 Å². The highest BCUT2D eigenvalue weighted by Gasteiger charge is 2.16. The van der Waals surface area contributed by atoms with Crippen LogP contribution in [0, 0.1) is 19.8 Å². The van der Waals surface area contributed by atoms with Crippen LogP contribution in [-0.4, -0.2) is 31.5 Å². The monoisotopic (exact) mass is 264 g/mol.